The molecule has 6 heteroatoms. The molecule has 0 radical (unpaired) electrons. The van der Waals surface area contributed by atoms with Crippen molar-refractivity contribution in [2.24, 2.45) is 0 Å². The average Bonchev–Trinajstić information content (AvgIpc) is 2.56. The van der Waals surface area contributed by atoms with E-state index in [-0.39, 0.29) is 18.2 Å². The minimum Gasteiger partial charge on any atom is -0.353 e. The Morgan fingerprint density at radius 1 is 1.00 bits per heavy atom. The molecular formula is C17H18N2O3S. The van der Waals surface area contributed by atoms with Gasteiger partial charge in [-0.15, -0.1) is 0 Å². The SMILES string of the molecule is O=C1NCCN(S(=O)(=O)Cc2ccccc2)C1c1ccccc1. The lowest BCUT2D eigenvalue weighted by molar-refractivity contribution is -0.126. The Balaban J connectivity index is 1.93. The van der Waals surface area contributed by atoms with Gasteiger partial charge in [0.15, 0.2) is 0 Å². The third kappa shape index (κ3) is 3.43. The molecular weight excluding hydrogens is 312 g/mol. The zero-order chi connectivity index (χ0) is 16.3. The third-order valence-corrected chi connectivity index (χ3v) is 5.64. The molecule has 3 rings (SSSR count). The zero-order valence-electron chi connectivity index (χ0n) is 12.6. The van der Waals surface area contributed by atoms with Crippen LogP contribution in [0.25, 0.3) is 0 Å². The van der Waals surface area contributed by atoms with Gasteiger partial charge in [-0.25, -0.2) is 8.42 Å². The first-order valence-electron chi connectivity index (χ1n) is 7.44. The van der Waals surface area contributed by atoms with Crippen LogP contribution in [0.2, 0.25) is 0 Å². The first-order chi connectivity index (χ1) is 11.1. The topological polar surface area (TPSA) is 66.5 Å². The molecule has 1 aliphatic heterocycles. The smallest absolute Gasteiger partial charge is 0.243 e. The Morgan fingerprint density at radius 2 is 1.61 bits per heavy atom. The van der Waals surface area contributed by atoms with Crippen LogP contribution in [0.4, 0.5) is 0 Å². The van der Waals surface area contributed by atoms with E-state index in [4.69, 9.17) is 0 Å². The molecule has 1 N–H and O–H groups in total. The van der Waals surface area contributed by atoms with Crippen molar-refractivity contribution in [1.82, 2.24) is 9.62 Å². The number of nitrogens with zero attached hydrogens (tertiary/aromatic N) is 1. The largest absolute Gasteiger partial charge is 0.353 e. The van der Waals surface area contributed by atoms with Gasteiger partial charge in [-0.05, 0) is 11.1 Å². The quantitative estimate of drug-likeness (QED) is 0.928. The van der Waals surface area contributed by atoms with Crippen LogP contribution in [0.15, 0.2) is 60.7 Å². The lowest BCUT2D eigenvalue weighted by Crippen LogP contribution is -2.52. The van der Waals surface area contributed by atoms with Gasteiger partial charge in [-0.2, -0.15) is 4.31 Å². The van der Waals surface area contributed by atoms with Crippen LogP contribution in [0.5, 0.6) is 0 Å². The van der Waals surface area contributed by atoms with Crippen molar-refractivity contribution in [3.63, 3.8) is 0 Å². The van der Waals surface area contributed by atoms with Crippen LogP contribution in [-0.4, -0.2) is 31.7 Å². The van der Waals surface area contributed by atoms with Gasteiger partial charge < -0.3 is 5.32 Å². The van der Waals surface area contributed by atoms with Crippen molar-refractivity contribution in [1.29, 1.82) is 0 Å². The molecule has 0 aromatic heterocycles. The number of hydrogen-bond acceptors (Lipinski definition) is 3. The molecule has 2 aromatic rings. The molecule has 5 nitrogen and oxygen atoms in total. The maximum atomic E-state index is 12.8. The maximum Gasteiger partial charge on any atom is 0.243 e. The Morgan fingerprint density at radius 3 is 2.26 bits per heavy atom. The van der Waals surface area contributed by atoms with Crippen molar-refractivity contribution in [2.45, 2.75) is 11.8 Å². The van der Waals surface area contributed by atoms with E-state index in [0.29, 0.717) is 17.7 Å². The summed E-state index contributed by atoms with van der Waals surface area (Å²) in [4.78, 5) is 12.3. The van der Waals surface area contributed by atoms with Gasteiger partial charge in [0.1, 0.15) is 6.04 Å². The molecule has 0 aliphatic carbocycles. The number of benzene rings is 2. The zero-order valence-corrected chi connectivity index (χ0v) is 13.4. The van der Waals surface area contributed by atoms with E-state index in [0.717, 1.165) is 0 Å². The number of rotatable bonds is 4. The molecule has 1 unspecified atom stereocenters. The number of sulfonamides is 1. The van der Waals surface area contributed by atoms with Crippen LogP contribution in [0.3, 0.4) is 0 Å². The van der Waals surface area contributed by atoms with E-state index in [1.165, 1.54) is 4.31 Å². The van der Waals surface area contributed by atoms with Gasteiger partial charge in [0.05, 0.1) is 5.75 Å². The number of hydrogen-bond donors (Lipinski definition) is 1. The Bertz CT molecular complexity index is 776. The van der Waals surface area contributed by atoms with Gasteiger partial charge in [-0.3, -0.25) is 4.79 Å². The standard InChI is InChI=1S/C17H18N2O3S/c20-17-16(15-9-5-2-6-10-15)19(12-11-18-17)23(21,22)13-14-7-3-1-4-8-14/h1-10,16H,11-13H2,(H,18,20). The molecule has 2 aromatic carbocycles. The number of piperazine rings is 1. The van der Waals surface area contributed by atoms with Crippen LogP contribution in [0.1, 0.15) is 17.2 Å². The highest BCUT2D eigenvalue weighted by Crippen LogP contribution is 2.27. The van der Waals surface area contributed by atoms with Gasteiger partial charge in [0, 0.05) is 13.1 Å². The molecule has 120 valence electrons. The second-order valence-corrected chi connectivity index (χ2v) is 7.38. The van der Waals surface area contributed by atoms with E-state index in [9.17, 15) is 13.2 Å². The lowest BCUT2D eigenvalue weighted by atomic mass is 10.1. The van der Waals surface area contributed by atoms with E-state index in [1.807, 2.05) is 24.3 Å². The van der Waals surface area contributed by atoms with Gasteiger partial charge in [0.25, 0.3) is 0 Å². The van der Waals surface area contributed by atoms with Crippen molar-refractivity contribution in [3.05, 3.63) is 71.8 Å². The molecule has 0 bridgehead atoms. The predicted molar refractivity (Wildman–Crippen MR) is 88.0 cm³/mol. The van der Waals surface area contributed by atoms with E-state index < -0.39 is 16.1 Å². The van der Waals surface area contributed by atoms with Gasteiger partial charge in [0.2, 0.25) is 15.9 Å². The Labute approximate surface area is 136 Å². The molecule has 1 atom stereocenters. The molecule has 1 fully saturated rings. The van der Waals surface area contributed by atoms with Gasteiger partial charge >= 0.3 is 0 Å². The lowest BCUT2D eigenvalue weighted by Gasteiger charge is -2.34. The summed E-state index contributed by atoms with van der Waals surface area (Å²) in [7, 11) is -3.59. The summed E-state index contributed by atoms with van der Waals surface area (Å²) >= 11 is 0. The van der Waals surface area contributed by atoms with Crippen molar-refractivity contribution >= 4 is 15.9 Å². The van der Waals surface area contributed by atoms with E-state index in [1.54, 1.807) is 36.4 Å². The monoisotopic (exact) mass is 330 g/mol. The van der Waals surface area contributed by atoms with Crippen molar-refractivity contribution in [3.8, 4) is 0 Å². The number of carbonyl (C=O) groups excluding carboxylic acids is 1. The normalized spacial score (nSPS) is 19.3. The van der Waals surface area contributed by atoms with Crippen LogP contribution in [0, 0.1) is 0 Å². The van der Waals surface area contributed by atoms with E-state index in [2.05, 4.69) is 5.32 Å². The first-order valence-corrected chi connectivity index (χ1v) is 9.05. The Hall–Kier alpha value is -2.18. The summed E-state index contributed by atoms with van der Waals surface area (Å²) in [5.74, 6) is -0.385. The summed E-state index contributed by atoms with van der Waals surface area (Å²) < 4.78 is 27.0. The number of carbonyl (C=O) groups is 1. The first kappa shape index (κ1) is 15.7. The molecule has 1 amide bonds. The number of amides is 1. The van der Waals surface area contributed by atoms with E-state index >= 15 is 0 Å². The van der Waals surface area contributed by atoms with Gasteiger partial charge in [-0.1, -0.05) is 60.7 Å². The second-order valence-electron chi connectivity index (χ2n) is 5.46. The fraction of sp³-hybridized carbons (Fsp3) is 0.235. The highest BCUT2D eigenvalue weighted by molar-refractivity contribution is 7.88. The Kier molecular flexibility index (Phi) is 4.45. The third-order valence-electron chi connectivity index (χ3n) is 3.83. The molecule has 1 saturated heterocycles. The summed E-state index contributed by atoms with van der Waals surface area (Å²) in [6, 6.07) is 17.2. The van der Waals surface area contributed by atoms with Crippen LogP contribution in [-0.2, 0) is 20.6 Å². The van der Waals surface area contributed by atoms with Crippen molar-refractivity contribution < 1.29 is 13.2 Å². The average molecular weight is 330 g/mol. The molecule has 0 saturated carbocycles. The molecule has 0 spiro atoms. The molecule has 1 aliphatic rings. The minimum atomic E-state index is -3.59. The minimum absolute atomic E-state index is 0.107. The van der Waals surface area contributed by atoms with Crippen LogP contribution < -0.4 is 5.32 Å². The van der Waals surface area contributed by atoms with Crippen LogP contribution >= 0.6 is 0 Å². The summed E-state index contributed by atoms with van der Waals surface area (Å²) in [6.45, 7) is 0.608. The summed E-state index contributed by atoms with van der Waals surface area (Å²) in [5.41, 5.74) is 1.40. The van der Waals surface area contributed by atoms with Crippen molar-refractivity contribution in [2.75, 3.05) is 13.1 Å². The predicted octanol–water partition coefficient (Wildman–Crippen LogP) is 1.69. The highest BCUT2D eigenvalue weighted by atomic mass is 32.2. The summed E-state index contributed by atoms with van der Waals surface area (Å²) in [6.07, 6.45) is 0. The molecule has 1 heterocycles. The maximum absolute atomic E-state index is 12.8. The second kappa shape index (κ2) is 6.52. The summed E-state index contributed by atoms with van der Waals surface area (Å²) in [5, 5.41) is 2.75. The number of nitrogens with one attached hydrogen (secondary N) is 1. The molecule has 23 heavy (non-hydrogen) atoms. The fourth-order valence-electron chi connectivity index (χ4n) is 2.77. The highest BCUT2D eigenvalue weighted by Gasteiger charge is 2.38. The fourth-order valence-corrected chi connectivity index (χ4v) is 4.45.